The van der Waals surface area contributed by atoms with Gasteiger partial charge in [0.25, 0.3) is 5.89 Å². The molecule has 1 N–H and O–H groups in total. The van der Waals surface area contributed by atoms with Gasteiger partial charge < -0.3 is 33.4 Å². The Labute approximate surface area is 286 Å². The van der Waals surface area contributed by atoms with Crippen LogP contribution in [0.1, 0.15) is 87.8 Å². The summed E-state index contributed by atoms with van der Waals surface area (Å²) in [6, 6.07) is 4.43. The molecule has 0 unspecified atom stereocenters. The number of anilines is 1. The summed E-state index contributed by atoms with van der Waals surface area (Å²) in [5, 5.41) is 20.1. The number of aryl methyl sites for hydroxylation is 2. The summed E-state index contributed by atoms with van der Waals surface area (Å²) in [6.45, 7) is 13.7. The van der Waals surface area contributed by atoms with Gasteiger partial charge in [0, 0.05) is 53.9 Å². The molecule has 0 aliphatic carbocycles. The smallest absolute Gasteiger partial charge is 0.337 e. The molecule has 3 aromatic heterocycles. The van der Waals surface area contributed by atoms with Gasteiger partial charge in [-0.15, -0.1) is 5.10 Å². The topological polar surface area (TPSA) is 119 Å². The maximum absolute atomic E-state index is 15.8. The highest BCUT2D eigenvalue weighted by atomic mass is 19.1. The van der Waals surface area contributed by atoms with Gasteiger partial charge in [0.2, 0.25) is 0 Å². The van der Waals surface area contributed by atoms with Gasteiger partial charge in [-0.05, 0) is 109 Å². The zero-order chi connectivity index (χ0) is 34.6. The second kappa shape index (κ2) is 13.0. The number of carboxylic acids is 1. The third kappa shape index (κ3) is 6.29. The number of nitrogens with zero attached hydrogens (tertiary/aromatic N) is 6. The van der Waals surface area contributed by atoms with Gasteiger partial charge in [-0.1, -0.05) is 11.5 Å². The highest BCUT2D eigenvalue weighted by Crippen LogP contribution is 2.45. The van der Waals surface area contributed by atoms with Gasteiger partial charge >= 0.3 is 12.0 Å². The predicted octanol–water partition coefficient (Wildman–Crippen LogP) is 6.77. The third-order valence-corrected chi connectivity index (χ3v) is 10.3. The molecule has 0 radical (unpaired) electrons. The maximum atomic E-state index is 15.8. The van der Waals surface area contributed by atoms with Crippen molar-refractivity contribution in [2.45, 2.75) is 97.3 Å². The minimum Gasteiger partial charge on any atom is -0.490 e. The Kier molecular flexibility index (Phi) is 8.89. The number of benzene rings is 1. The Hall–Kier alpha value is -4.03. The zero-order valence-corrected chi connectivity index (χ0v) is 29.4. The van der Waals surface area contributed by atoms with E-state index in [1.165, 1.54) is 38.4 Å². The molecule has 0 amide bonds. The Morgan fingerprint density at radius 2 is 1.80 bits per heavy atom. The van der Waals surface area contributed by atoms with Gasteiger partial charge in [-0.2, -0.15) is 0 Å². The summed E-state index contributed by atoms with van der Waals surface area (Å²) in [7, 11) is 1.87. The Morgan fingerprint density at radius 1 is 1.06 bits per heavy atom. The molecule has 1 atom stereocenters. The van der Waals surface area contributed by atoms with E-state index in [-0.39, 0.29) is 5.75 Å². The third-order valence-electron chi connectivity index (χ3n) is 10.3. The molecule has 0 spiro atoms. The summed E-state index contributed by atoms with van der Waals surface area (Å²) in [5.41, 5.74) is 4.06. The lowest BCUT2D eigenvalue weighted by Crippen LogP contribution is -2.46. The fraction of sp³-hybridized carbons (Fsp3) is 0.568. The molecule has 12 heteroatoms. The van der Waals surface area contributed by atoms with Crippen LogP contribution in [-0.4, -0.2) is 80.2 Å². The van der Waals surface area contributed by atoms with E-state index in [1.807, 2.05) is 45.4 Å². The number of hydrogen-bond donors (Lipinski definition) is 1. The fourth-order valence-electron chi connectivity index (χ4n) is 7.93. The van der Waals surface area contributed by atoms with E-state index in [4.69, 9.17) is 18.9 Å². The van der Waals surface area contributed by atoms with Crippen molar-refractivity contribution in [1.29, 1.82) is 0 Å². The first-order valence-electron chi connectivity index (χ1n) is 17.6. The quantitative estimate of drug-likeness (QED) is 0.225. The molecule has 2 saturated heterocycles. The summed E-state index contributed by atoms with van der Waals surface area (Å²) >= 11 is 0. The highest BCUT2D eigenvalue weighted by molar-refractivity contribution is 6.01. The first-order chi connectivity index (χ1) is 23.4. The first-order valence-corrected chi connectivity index (χ1v) is 17.6. The second-order valence-electron chi connectivity index (χ2n) is 14.8. The largest absolute Gasteiger partial charge is 0.490 e. The zero-order valence-electron chi connectivity index (χ0n) is 29.4. The number of rotatable bonds is 7. The van der Waals surface area contributed by atoms with Crippen molar-refractivity contribution in [1.82, 2.24) is 24.6 Å². The SMILES string of the molecule is Cc1nc2c(cc(-c3nnc(N4CCC(N5CCCCC5)CC4)o3)n2C)c(-c2cc(F)c3c(c2C)CCCO3)c1[C@H](OC(C)(C)C)C(=O)O. The summed E-state index contributed by atoms with van der Waals surface area (Å²) < 4.78 is 35.9. The number of aliphatic carboxylic acids is 1. The Bertz CT molecular complexity index is 1880. The molecule has 49 heavy (non-hydrogen) atoms. The van der Waals surface area contributed by atoms with Gasteiger partial charge in [0.15, 0.2) is 17.7 Å². The van der Waals surface area contributed by atoms with Crippen LogP contribution >= 0.6 is 0 Å². The lowest BCUT2D eigenvalue weighted by atomic mass is 9.86. The molecule has 6 heterocycles. The Balaban J connectivity index is 1.33. The number of piperidine rings is 2. The van der Waals surface area contributed by atoms with Gasteiger partial charge in [-0.25, -0.2) is 14.2 Å². The van der Waals surface area contributed by atoms with Crippen LogP contribution in [0.3, 0.4) is 0 Å². The summed E-state index contributed by atoms with van der Waals surface area (Å²) in [4.78, 5) is 22.6. The molecule has 11 nitrogen and oxygen atoms in total. The highest BCUT2D eigenvalue weighted by Gasteiger charge is 2.35. The van der Waals surface area contributed by atoms with Gasteiger partial charge in [-0.3, -0.25) is 0 Å². The fourth-order valence-corrected chi connectivity index (χ4v) is 7.93. The van der Waals surface area contributed by atoms with Crippen LogP contribution < -0.4 is 9.64 Å². The minimum absolute atomic E-state index is 0.267. The molecule has 3 aliphatic rings. The van der Waals surface area contributed by atoms with Crippen LogP contribution in [0.5, 0.6) is 5.75 Å². The summed E-state index contributed by atoms with van der Waals surface area (Å²) in [6.07, 6.45) is 6.09. The lowest BCUT2D eigenvalue weighted by molar-refractivity contribution is -0.160. The number of aromatic nitrogens is 4. The number of likely N-dealkylation sites (tertiary alicyclic amines) is 1. The molecule has 0 saturated carbocycles. The van der Waals surface area contributed by atoms with Crippen molar-refractivity contribution in [2.75, 3.05) is 37.7 Å². The van der Waals surface area contributed by atoms with Crippen LogP contribution in [0, 0.1) is 19.7 Å². The molecule has 7 rings (SSSR count). The van der Waals surface area contributed by atoms with E-state index < -0.39 is 23.5 Å². The standard InChI is InChI=1S/C37H47FN6O5/c1-21-24-11-10-18-47-31(24)27(38)19-25(21)30-26-20-28(42(6)33(26)39-22(2)29(30)32(35(45)46)49-37(3,4)5)34-40-41-36(48-34)44-16-12-23(13-17-44)43-14-8-7-9-15-43/h19-20,23,32H,7-18H2,1-6H3,(H,45,46)/t32-/m0/s1. The van der Waals surface area contributed by atoms with Crippen LogP contribution in [0.15, 0.2) is 16.5 Å². The predicted molar refractivity (Wildman–Crippen MR) is 185 cm³/mol. The number of ether oxygens (including phenoxy) is 2. The lowest BCUT2D eigenvalue weighted by Gasteiger charge is -2.39. The maximum Gasteiger partial charge on any atom is 0.337 e. The van der Waals surface area contributed by atoms with E-state index in [0.717, 1.165) is 43.5 Å². The number of pyridine rings is 1. The van der Waals surface area contributed by atoms with E-state index in [1.54, 1.807) is 6.92 Å². The number of carboxylic acid groups (broad SMARTS) is 1. The molecule has 3 aliphatic heterocycles. The average Bonchev–Trinajstić information content (AvgIpc) is 3.70. The number of hydrogen-bond acceptors (Lipinski definition) is 9. The van der Waals surface area contributed by atoms with Crippen molar-refractivity contribution in [3.8, 4) is 28.5 Å². The van der Waals surface area contributed by atoms with Crippen LogP contribution in [0.4, 0.5) is 10.4 Å². The monoisotopic (exact) mass is 674 g/mol. The second-order valence-corrected chi connectivity index (χ2v) is 14.8. The molecule has 262 valence electrons. The molecule has 1 aromatic carbocycles. The molecule has 2 fully saturated rings. The summed E-state index contributed by atoms with van der Waals surface area (Å²) in [5.74, 6) is -1.03. The molecular formula is C37H47FN6O5. The van der Waals surface area contributed by atoms with Crippen molar-refractivity contribution >= 4 is 23.0 Å². The number of carbonyl (C=O) groups is 1. The Morgan fingerprint density at radius 3 is 2.49 bits per heavy atom. The van der Waals surface area contributed by atoms with Gasteiger partial charge in [0.05, 0.1) is 12.2 Å². The van der Waals surface area contributed by atoms with E-state index in [2.05, 4.69) is 20.0 Å². The first kappa shape index (κ1) is 33.5. The van der Waals surface area contributed by atoms with Crippen LogP contribution in [0.2, 0.25) is 0 Å². The van der Waals surface area contributed by atoms with Crippen LogP contribution in [-0.2, 0) is 23.0 Å². The van der Waals surface area contributed by atoms with E-state index in [9.17, 15) is 9.90 Å². The molecular weight excluding hydrogens is 627 g/mol. The minimum atomic E-state index is -1.35. The molecule has 4 aromatic rings. The van der Waals surface area contributed by atoms with Crippen molar-refractivity contribution < 1.29 is 28.2 Å². The average molecular weight is 675 g/mol. The van der Waals surface area contributed by atoms with Crippen molar-refractivity contribution in [3.05, 3.63) is 40.3 Å². The van der Waals surface area contributed by atoms with E-state index >= 15 is 4.39 Å². The number of fused-ring (bicyclic) bond motifs is 2. The normalized spacial score (nSPS) is 18.5. The van der Waals surface area contributed by atoms with Crippen LogP contribution in [0.25, 0.3) is 33.7 Å². The number of halogens is 1. The van der Waals surface area contributed by atoms with Gasteiger partial charge in [0.1, 0.15) is 11.3 Å². The molecule has 0 bridgehead atoms. The van der Waals surface area contributed by atoms with Crippen molar-refractivity contribution in [2.24, 2.45) is 7.05 Å². The van der Waals surface area contributed by atoms with E-state index in [0.29, 0.717) is 70.1 Å². The van der Waals surface area contributed by atoms with Crippen molar-refractivity contribution in [3.63, 3.8) is 0 Å².